The lowest BCUT2D eigenvalue weighted by atomic mass is 9.92. The highest BCUT2D eigenvalue weighted by molar-refractivity contribution is 6.10. The molecule has 5 aromatic rings. The Labute approximate surface area is 210 Å². The molecule has 0 N–H and O–H groups in total. The Morgan fingerprint density at radius 3 is 1.72 bits per heavy atom. The molecule has 0 aliphatic rings. The predicted octanol–water partition coefficient (Wildman–Crippen LogP) is 7.97. The van der Waals surface area contributed by atoms with Crippen LogP contribution in [0.15, 0.2) is 103 Å². The minimum Gasteiger partial charge on any atom is -0.426 e. The first kappa shape index (κ1) is 23.3. The molecule has 0 saturated heterocycles. The van der Waals surface area contributed by atoms with Gasteiger partial charge in [-0.2, -0.15) is 0 Å². The second-order valence-corrected chi connectivity index (χ2v) is 8.65. The third-order valence-electron chi connectivity index (χ3n) is 6.20. The Hall–Kier alpha value is -4.44. The van der Waals surface area contributed by atoms with Crippen LogP contribution in [0.5, 0.6) is 11.5 Å². The maximum Gasteiger partial charge on any atom is 0.343 e. The number of esters is 2. The number of unbranched alkanes of at least 4 members (excludes halogenated alkanes) is 1. The summed E-state index contributed by atoms with van der Waals surface area (Å²) in [7, 11) is 0. The lowest BCUT2D eigenvalue weighted by Gasteiger charge is -2.18. The zero-order chi connectivity index (χ0) is 24.9. The lowest BCUT2D eigenvalue weighted by Crippen LogP contribution is -2.10. The topological polar surface area (TPSA) is 52.6 Å². The van der Waals surface area contributed by atoms with Crippen LogP contribution in [-0.4, -0.2) is 11.9 Å². The van der Waals surface area contributed by atoms with Crippen LogP contribution in [0.3, 0.4) is 0 Å². The molecular weight excluding hydrogens is 448 g/mol. The molecule has 0 bridgehead atoms. The van der Waals surface area contributed by atoms with Gasteiger partial charge >= 0.3 is 11.9 Å². The van der Waals surface area contributed by atoms with E-state index >= 15 is 0 Å². The zero-order valence-corrected chi connectivity index (χ0v) is 20.1. The summed E-state index contributed by atoms with van der Waals surface area (Å²) in [6.45, 7) is 2.04. The number of hydrogen-bond acceptors (Lipinski definition) is 4. The first-order valence-corrected chi connectivity index (χ1v) is 12.2. The normalized spacial score (nSPS) is 10.9. The molecule has 0 amide bonds. The average molecular weight is 475 g/mol. The van der Waals surface area contributed by atoms with Crippen LogP contribution in [-0.2, 0) is 4.79 Å². The number of fused-ring (bicyclic) bond motifs is 2. The summed E-state index contributed by atoms with van der Waals surface area (Å²) in [6, 6.07) is 32.3. The van der Waals surface area contributed by atoms with E-state index in [-0.39, 0.29) is 5.97 Å². The van der Waals surface area contributed by atoms with Crippen molar-refractivity contribution in [2.24, 2.45) is 0 Å². The van der Waals surface area contributed by atoms with Gasteiger partial charge in [0.1, 0.15) is 11.5 Å². The minimum atomic E-state index is -0.450. The highest BCUT2D eigenvalue weighted by Gasteiger charge is 2.22. The van der Waals surface area contributed by atoms with Gasteiger partial charge in [0.15, 0.2) is 0 Å². The van der Waals surface area contributed by atoms with Crippen molar-refractivity contribution >= 4 is 33.5 Å². The van der Waals surface area contributed by atoms with E-state index in [0.717, 1.165) is 39.9 Å². The standard InChI is InChI=1S/C32H26O4/c1-2-3-17-29(33)35-27-20-18-22-11-7-9-15-25(22)30(27)31-26-16-10-8-12-23(26)19-21-28(31)36-32(34)24-13-5-4-6-14-24/h4-16,18-21H,2-3,17H2,1H3. The van der Waals surface area contributed by atoms with Crippen molar-refractivity contribution in [1.82, 2.24) is 0 Å². The summed E-state index contributed by atoms with van der Waals surface area (Å²) in [5.41, 5.74) is 1.90. The second kappa shape index (κ2) is 10.4. The fourth-order valence-corrected chi connectivity index (χ4v) is 4.42. The largest absolute Gasteiger partial charge is 0.426 e. The number of benzene rings is 5. The molecule has 36 heavy (non-hydrogen) atoms. The maximum absolute atomic E-state index is 13.1. The molecular formula is C32H26O4. The number of rotatable bonds is 7. The molecule has 178 valence electrons. The molecule has 5 aromatic carbocycles. The fraction of sp³-hybridized carbons (Fsp3) is 0.125. The number of ether oxygens (including phenoxy) is 2. The Morgan fingerprint density at radius 2 is 1.14 bits per heavy atom. The quantitative estimate of drug-likeness (QED) is 0.177. The summed E-state index contributed by atoms with van der Waals surface area (Å²) in [5.74, 6) is 0.123. The number of carbonyl (C=O) groups excluding carboxylic acids is 2. The first-order valence-electron chi connectivity index (χ1n) is 12.2. The minimum absolute atomic E-state index is 0.281. The Kier molecular flexibility index (Phi) is 6.76. The van der Waals surface area contributed by atoms with Crippen LogP contribution in [0.25, 0.3) is 32.7 Å². The Morgan fingerprint density at radius 1 is 0.611 bits per heavy atom. The van der Waals surface area contributed by atoms with Gasteiger partial charge in [0, 0.05) is 17.5 Å². The van der Waals surface area contributed by atoms with E-state index in [2.05, 4.69) is 0 Å². The van der Waals surface area contributed by atoms with E-state index in [1.165, 1.54) is 0 Å². The molecule has 0 aliphatic heterocycles. The third kappa shape index (κ3) is 4.71. The van der Waals surface area contributed by atoms with E-state index in [1.807, 2.05) is 85.8 Å². The van der Waals surface area contributed by atoms with Crippen molar-refractivity contribution in [3.63, 3.8) is 0 Å². The van der Waals surface area contributed by atoms with Gasteiger partial charge in [-0.1, -0.05) is 92.2 Å². The molecule has 5 rings (SSSR count). The number of hydrogen-bond donors (Lipinski definition) is 0. The smallest absolute Gasteiger partial charge is 0.343 e. The summed E-state index contributed by atoms with van der Waals surface area (Å²) in [4.78, 5) is 25.8. The summed E-state index contributed by atoms with van der Waals surface area (Å²) in [6.07, 6.45) is 2.01. The van der Waals surface area contributed by atoms with Crippen molar-refractivity contribution in [3.8, 4) is 22.6 Å². The molecule has 0 fully saturated rings. The van der Waals surface area contributed by atoms with Crippen molar-refractivity contribution in [1.29, 1.82) is 0 Å². The average Bonchev–Trinajstić information content (AvgIpc) is 2.92. The van der Waals surface area contributed by atoms with E-state index < -0.39 is 5.97 Å². The van der Waals surface area contributed by atoms with Gasteiger partial charge < -0.3 is 9.47 Å². The second-order valence-electron chi connectivity index (χ2n) is 8.65. The molecule has 0 radical (unpaired) electrons. The molecule has 0 saturated carbocycles. The number of carbonyl (C=O) groups is 2. The molecule has 4 nitrogen and oxygen atoms in total. The Bertz CT molecular complexity index is 1550. The first-order chi connectivity index (χ1) is 17.7. The van der Waals surface area contributed by atoms with Crippen molar-refractivity contribution in [3.05, 3.63) is 109 Å². The molecule has 4 heteroatoms. The highest BCUT2D eigenvalue weighted by atomic mass is 16.5. The zero-order valence-electron chi connectivity index (χ0n) is 20.1. The van der Waals surface area contributed by atoms with E-state index in [1.54, 1.807) is 24.3 Å². The molecule has 0 spiro atoms. The van der Waals surface area contributed by atoms with Gasteiger partial charge in [0.25, 0.3) is 0 Å². The molecule has 0 atom stereocenters. The van der Waals surface area contributed by atoms with Gasteiger partial charge in [-0.25, -0.2) is 4.79 Å². The van der Waals surface area contributed by atoms with Gasteiger partial charge in [0.05, 0.1) is 5.56 Å². The molecule has 0 aliphatic carbocycles. The summed E-state index contributed by atoms with van der Waals surface area (Å²) >= 11 is 0. The van der Waals surface area contributed by atoms with E-state index in [4.69, 9.17) is 9.47 Å². The predicted molar refractivity (Wildman–Crippen MR) is 143 cm³/mol. The summed E-state index contributed by atoms with van der Waals surface area (Å²) in [5, 5.41) is 3.79. The fourth-order valence-electron chi connectivity index (χ4n) is 4.42. The molecule has 0 aromatic heterocycles. The maximum atomic E-state index is 13.1. The van der Waals surface area contributed by atoms with Crippen molar-refractivity contribution in [2.75, 3.05) is 0 Å². The monoisotopic (exact) mass is 474 g/mol. The van der Waals surface area contributed by atoms with Crippen LogP contribution in [0.4, 0.5) is 0 Å². The lowest BCUT2D eigenvalue weighted by molar-refractivity contribution is -0.134. The van der Waals surface area contributed by atoms with Gasteiger partial charge in [-0.3, -0.25) is 4.79 Å². The van der Waals surface area contributed by atoms with Crippen molar-refractivity contribution < 1.29 is 19.1 Å². The van der Waals surface area contributed by atoms with Gasteiger partial charge in [0.2, 0.25) is 0 Å². The van der Waals surface area contributed by atoms with Gasteiger partial charge in [-0.15, -0.1) is 0 Å². The van der Waals surface area contributed by atoms with Crippen LogP contribution < -0.4 is 9.47 Å². The SMILES string of the molecule is CCCCC(=O)Oc1ccc2ccccc2c1-c1c(OC(=O)c2ccccc2)ccc2ccccc12. The third-order valence-corrected chi connectivity index (χ3v) is 6.20. The summed E-state index contributed by atoms with van der Waals surface area (Å²) < 4.78 is 11.9. The van der Waals surface area contributed by atoms with Crippen LogP contribution in [0.1, 0.15) is 36.5 Å². The van der Waals surface area contributed by atoms with Crippen LogP contribution >= 0.6 is 0 Å². The molecule has 0 heterocycles. The van der Waals surface area contributed by atoms with Gasteiger partial charge in [-0.05, 0) is 52.2 Å². The molecule has 0 unspecified atom stereocenters. The van der Waals surface area contributed by atoms with Crippen molar-refractivity contribution in [2.45, 2.75) is 26.2 Å². The van der Waals surface area contributed by atoms with Crippen LogP contribution in [0, 0.1) is 0 Å². The van der Waals surface area contributed by atoms with E-state index in [9.17, 15) is 9.59 Å². The van der Waals surface area contributed by atoms with E-state index in [0.29, 0.717) is 29.0 Å². The Balaban J connectivity index is 1.74. The van der Waals surface area contributed by atoms with Crippen LogP contribution in [0.2, 0.25) is 0 Å². The highest BCUT2D eigenvalue weighted by Crippen LogP contribution is 2.45.